The monoisotopic (exact) mass is 532 g/mol. The number of aryl methyl sites for hydroxylation is 1. The summed E-state index contributed by atoms with van der Waals surface area (Å²) in [6, 6.07) is 6.64. The molecule has 39 heavy (non-hydrogen) atoms. The van der Waals surface area contributed by atoms with Crippen molar-refractivity contribution in [2.45, 2.75) is 76.6 Å². The van der Waals surface area contributed by atoms with E-state index < -0.39 is 12.2 Å². The van der Waals surface area contributed by atoms with E-state index in [-0.39, 0.29) is 47.1 Å². The number of phenols is 2. The van der Waals surface area contributed by atoms with Crippen molar-refractivity contribution in [3.05, 3.63) is 92.3 Å². The Morgan fingerprint density at radius 1 is 1.03 bits per heavy atom. The molecule has 2 aromatic rings. The van der Waals surface area contributed by atoms with Crippen molar-refractivity contribution in [1.82, 2.24) is 0 Å². The van der Waals surface area contributed by atoms with Crippen molar-refractivity contribution in [2.24, 2.45) is 11.8 Å². The van der Waals surface area contributed by atoms with Crippen LogP contribution in [0.4, 0.5) is 4.39 Å². The number of rotatable bonds is 3. The third-order valence-electron chi connectivity index (χ3n) is 9.72. The second kappa shape index (κ2) is 9.61. The molecule has 0 aliphatic heterocycles. The summed E-state index contributed by atoms with van der Waals surface area (Å²) in [7, 11) is 1.71. The molecule has 0 amide bonds. The van der Waals surface area contributed by atoms with E-state index in [2.05, 4.69) is 25.1 Å². The minimum absolute atomic E-state index is 0.0197. The number of allylic oxidation sites excluding steroid dienone is 4. The van der Waals surface area contributed by atoms with Gasteiger partial charge < -0.3 is 25.2 Å². The first kappa shape index (κ1) is 26.3. The molecule has 0 saturated heterocycles. The van der Waals surface area contributed by atoms with Crippen LogP contribution in [0.15, 0.2) is 58.7 Å². The van der Waals surface area contributed by atoms with Gasteiger partial charge in [-0.25, -0.2) is 4.39 Å². The summed E-state index contributed by atoms with van der Waals surface area (Å²) in [6.07, 6.45) is 5.45. The van der Waals surface area contributed by atoms with E-state index in [0.29, 0.717) is 23.1 Å². The van der Waals surface area contributed by atoms with Crippen LogP contribution in [0, 0.1) is 24.6 Å². The Hall–Kier alpha value is -2.93. The number of halogens is 1. The molecular formula is C33H37FO5. The van der Waals surface area contributed by atoms with Gasteiger partial charge in [0.2, 0.25) is 0 Å². The molecular weight excluding hydrogens is 495 g/mol. The summed E-state index contributed by atoms with van der Waals surface area (Å²) in [6.45, 7) is 5.61. The number of aromatic hydroxyl groups is 2. The lowest BCUT2D eigenvalue weighted by atomic mass is 9.53. The lowest BCUT2D eigenvalue weighted by molar-refractivity contribution is 0.0320. The van der Waals surface area contributed by atoms with Gasteiger partial charge in [-0.05, 0) is 108 Å². The van der Waals surface area contributed by atoms with E-state index in [4.69, 9.17) is 4.74 Å². The van der Waals surface area contributed by atoms with Crippen molar-refractivity contribution in [2.75, 3.05) is 7.11 Å². The molecule has 4 aliphatic rings. The van der Waals surface area contributed by atoms with Gasteiger partial charge in [0.05, 0.1) is 18.3 Å². The fraction of sp³-hybridized carbons (Fsp3) is 0.455. The fourth-order valence-corrected chi connectivity index (χ4v) is 8.12. The molecule has 0 bridgehead atoms. The molecule has 0 fully saturated rings. The van der Waals surface area contributed by atoms with E-state index in [1.54, 1.807) is 20.1 Å². The van der Waals surface area contributed by atoms with E-state index in [1.807, 2.05) is 6.92 Å². The first-order chi connectivity index (χ1) is 18.6. The smallest absolute Gasteiger partial charge is 0.163 e. The maximum Gasteiger partial charge on any atom is 0.163 e. The molecule has 4 aliphatic carbocycles. The van der Waals surface area contributed by atoms with E-state index in [9.17, 15) is 24.8 Å². The Labute approximate surface area is 229 Å². The minimum Gasteiger partial charge on any atom is -0.504 e. The maximum absolute atomic E-state index is 14.9. The number of hydrogen-bond acceptors (Lipinski definition) is 5. The fourth-order valence-electron chi connectivity index (χ4n) is 8.12. The summed E-state index contributed by atoms with van der Waals surface area (Å²) >= 11 is 0. The molecule has 6 heteroatoms. The summed E-state index contributed by atoms with van der Waals surface area (Å²) in [5.41, 5.74) is 8.33. The molecule has 5 nitrogen and oxygen atoms in total. The summed E-state index contributed by atoms with van der Waals surface area (Å²) in [4.78, 5) is 0. The zero-order valence-corrected chi connectivity index (χ0v) is 22.9. The molecule has 0 aromatic heterocycles. The van der Waals surface area contributed by atoms with Crippen molar-refractivity contribution in [3.63, 3.8) is 0 Å². The van der Waals surface area contributed by atoms with Gasteiger partial charge in [-0.2, -0.15) is 0 Å². The van der Waals surface area contributed by atoms with Crippen molar-refractivity contribution in [1.29, 1.82) is 0 Å². The van der Waals surface area contributed by atoms with E-state index in [0.717, 1.165) is 30.4 Å². The number of ether oxygens (including phenoxy) is 1. The van der Waals surface area contributed by atoms with Crippen molar-refractivity contribution >= 4 is 0 Å². The standard InChI is InChI=1S/C33H37FO5/c1-15-9-19(11-20(34)10-15)30-22-8-6-18-5-7-21(39-4)12-24(18)25(22)13-26-29(30)16(2)28-23(17(3)35)14-27(36)33(38)31(28)32(26)37/h5,7,9-11,14,16-17,21,26,29-30,32,35-38H,6,8,12-13H2,1-4H3. The van der Waals surface area contributed by atoms with Crippen LogP contribution in [0.1, 0.15) is 91.4 Å². The predicted molar refractivity (Wildman–Crippen MR) is 147 cm³/mol. The molecule has 0 saturated carbocycles. The zero-order valence-electron chi connectivity index (χ0n) is 22.9. The second-order valence-electron chi connectivity index (χ2n) is 11.9. The highest BCUT2D eigenvalue weighted by Gasteiger charge is 2.51. The largest absolute Gasteiger partial charge is 0.504 e. The molecule has 0 heterocycles. The molecule has 2 aromatic carbocycles. The zero-order chi connectivity index (χ0) is 27.7. The number of aliphatic hydroxyl groups is 2. The van der Waals surface area contributed by atoms with Gasteiger partial charge in [0.15, 0.2) is 11.5 Å². The second-order valence-corrected chi connectivity index (χ2v) is 11.9. The number of hydrogen-bond donors (Lipinski definition) is 4. The van der Waals surface area contributed by atoms with E-state index in [1.165, 1.54) is 34.4 Å². The average Bonchev–Trinajstić information content (AvgIpc) is 2.90. The molecule has 7 atom stereocenters. The Morgan fingerprint density at radius 2 is 1.79 bits per heavy atom. The van der Waals surface area contributed by atoms with Crippen molar-refractivity contribution in [3.8, 4) is 11.5 Å². The van der Waals surface area contributed by atoms with Crippen molar-refractivity contribution < 1.29 is 29.6 Å². The summed E-state index contributed by atoms with van der Waals surface area (Å²) in [5.74, 6) is -1.60. The molecule has 7 unspecified atom stereocenters. The van der Waals surface area contributed by atoms with Crippen LogP contribution in [-0.2, 0) is 4.74 Å². The van der Waals surface area contributed by atoms with Gasteiger partial charge in [-0.3, -0.25) is 0 Å². The number of aliphatic hydroxyl groups excluding tert-OH is 2. The lowest BCUT2D eigenvalue weighted by Crippen LogP contribution is -2.41. The molecule has 206 valence electrons. The van der Waals surface area contributed by atoms with Crippen LogP contribution < -0.4 is 0 Å². The Kier molecular flexibility index (Phi) is 6.48. The van der Waals surface area contributed by atoms with Crippen LogP contribution in [-0.4, -0.2) is 33.6 Å². The van der Waals surface area contributed by atoms with E-state index >= 15 is 0 Å². The van der Waals surface area contributed by atoms with Gasteiger partial charge in [0.25, 0.3) is 0 Å². The Balaban J connectivity index is 1.59. The molecule has 6 rings (SSSR count). The van der Waals surface area contributed by atoms with Crippen LogP contribution >= 0.6 is 0 Å². The third-order valence-corrected chi connectivity index (χ3v) is 9.72. The summed E-state index contributed by atoms with van der Waals surface area (Å²) < 4.78 is 20.6. The van der Waals surface area contributed by atoms with Crippen LogP contribution in [0.5, 0.6) is 11.5 Å². The SMILES string of the molecule is COC1C=CC2=C(C1)C1=C(CC2)C(c2cc(C)cc(F)c2)C2C(C)c3c(C(C)O)cc(O)c(O)c3C(O)C2C1. The topological polar surface area (TPSA) is 90.2 Å². The highest BCUT2D eigenvalue weighted by atomic mass is 19.1. The minimum atomic E-state index is -1.06. The molecule has 0 radical (unpaired) electrons. The number of phenolic OH excluding ortho intramolecular Hbond substituents is 2. The normalized spacial score (nSPS) is 30.4. The summed E-state index contributed by atoms with van der Waals surface area (Å²) in [5, 5.41) is 44.1. The number of benzene rings is 2. The van der Waals surface area contributed by atoms with Crippen LogP contribution in [0.3, 0.4) is 0 Å². The number of methoxy groups -OCH3 is 1. The highest BCUT2D eigenvalue weighted by Crippen LogP contribution is 2.63. The van der Waals surface area contributed by atoms with Gasteiger partial charge in [0.1, 0.15) is 5.82 Å². The molecule has 0 spiro atoms. The van der Waals surface area contributed by atoms with Gasteiger partial charge >= 0.3 is 0 Å². The average molecular weight is 533 g/mol. The Bertz CT molecular complexity index is 1410. The van der Waals surface area contributed by atoms with Crippen LogP contribution in [0.25, 0.3) is 0 Å². The first-order valence-corrected chi connectivity index (χ1v) is 14.0. The predicted octanol–water partition coefficient (Wildman–Crippen LogP) is 6.53. The lowest BCUT2D eigenvalue weighted by Gasteiger charge is -2.52. The first-order valence-electron chi connectivity index (χ1n) is 14.0. The van der Waals surface area contributed by atoms with Gasteiger partial charge in [0, 0.05) is 25.0 Å². The highest BCUT2D eigenvalue weighted by molar-refractivity contribution is 5.60. The third kappa shape index (κ3) is 4.07. The van der Waals surface area contributed by atoms with Gasteiger partial charge in [-0.1, -0.05) is 30.7 Å². The quantitative estimate of drug-likeness (QED) is 0.338. The Morgan fingerprint density at radius 3 is 2.49 bits per heavy atom. The van der Waals surface area contributed by atoms with Crippen LogP contribution in [0.2, 0.25) is 0 Å². The number of fused-ring (bicyclic) bond motifs is 3. The molecule has 4 N–H and O–H groups in total. The maximum atomic E-state index is 14.9. The van der Waals surface area contributed by atoms with Gasteiger partial charge in [-0.15, -0.1) is 0 Å².